The van der Waals surface area contributed by atoms with Crippen LogP contribution in [-0.4, -0.2) is 11.0 Å². The molecule has 0 saturated carbocycles. The zero-order chi connectivity index (χ0) is 9.31. The molecular weight excluding hydrogens is 168 g/mol. The van der Waals surface area contributed by atoms with E-state index >= 15 is 0 Å². The predicted octanol–water partition coefficient (Wildman–Crippen LogP) is 2.22. The highest BCUT2D eigenvalue weighted by Crippen LogP contribution is 2.32. The van der Waals surface area contributed by atoms with Crippen LogP contribution in [0.1, 0.15) is 18.9 Å². The molecule has 0 spiro atoms. The Labute approximate surface area is 76.8 Å². The minimum Gasteiger partial charge on any atom is -0.460 e. The lowest BCUT2D eigenvalue weighted by Crippen LogP contribution is -2.38. The average molecular weight is 180 g/mol. The number of aryl methyl sites for hydroxylation is 1. The molecular formula is C10H12O3. The number of fused-ring (bicyclic) bond motifs is 1. The van der Waals surface area contributed by atoms with Crippen molar-refractivity contribution in [1.29, 1.82) is 0 Å². The lowest BCUT2D eigenvalue weighted by Gasteiger charge is -2.32. The van der Waals surface area contributed by atoms with E-state index in [1.165, 1.54) is 0 Å². The van der Waals surface area contributed by atoms with Crippen molar-refractivity contribution in [2.45, 2.75) is 25.6 Å². The maximum atomic E-state index is 8.65. The van der Waals surface area contributed by atoms with Gasteiger partial charge in [-0.2, -0.15) is 4.89 Å². The molecule has 13 heavy (non-hydrogen) atoms. The summed E-state index contributed by atoms with van der Waals surface area (Å²) in [5, 5.41) is 8.65. The molecule has 2 rings (SSSR count). The second-order valence-electron chi connectivity index (χ2n) is 3.43. The summed E-state index contributed by atoms with van der Waals surface area (Å²) in [5.74, 6) is -0.0840. The maximum Gasteiger partial charge on any atom is 0.238 e. The zero-order valence-electron chi connectivity index (χ0n) is 7.49. The first-order chi connectivity index (χ1) is 6.23. The van der Waals surface area contributed by atoms with Gasteiger partial charge in [-0.1, -0.05) is 18.2 Å². The normalized spacial score (nSPS) is 26.3. The molecule has 1 heterocycles. The van der Waals surface area contributed by atoms with Gasteiger partial charge in [-0.05, 0) is 18.1 Å². The third kappa shape index (κ3) is 1.53. The highest BCUT2D eigenvalue weighted by molar-refractivity contribution is 5.35. The zero-order valence-corrected chi connectivity index (χ0v) is 7.49. The second kappa shape index (κ2) is 3.01. The van der Waals surface area contributed by atoms with E-state index in [0.29, 0.717) is 6.42 Å². The minimum atomic E-state index is -0.881. The van der Waals surface area contributed by atoms with Crippen LogP contribution in [0.25, 0.3) is 0 Å². The lowest BCUT2D eigenvalue weighted by molar-refractivity contribution is -0.378. The highest BCUT2D eigenvalue weighted by atomic mass is 17.1. The first-order valence-electron chi connectivity index (χ1n) is 4.33. The SMILES string of the molecule is CC1(OO)CCc2ccccc2O1. The molecule has 1 aliphatic rings. The van der Waals surface area contributed by atoms with Crippen molar-refractivity contribution in [2.24, 2.45) is 0 Å². The molecule has 1 aromatic rings. The molecule has 3 nitrogen and oxygen atoms in total. The second-order valence-corrected chi connectivity index (χ2v) is 3.43. The van der Waals surface area contributed by atoms with Crippen LogP contribution >= 0.6 is 0 Å². The van der Waals surface area contributed by atoms with Crippen molar-refractivity contribution in [3.8, 4) is 5.75 Å². The van der Waals surface area contributed by atoms with Gasteiger partial charge >= 0.3 is 0 Å². The molecule has 0 radical (unpaired) electrons. The molecule has 0 aromatic heterocycles. The summed E-state index contributed by atoms with van der Waals surface area (Å²) in [6.45, 7) is 1.73. The number of para-hydroxylation sites is 1. The van der Waals surface area contributed by atoms with E-state index in [9.17, 15) is 0 Å². The molecule has 1 atom stereocenters. The van der Waals surface area contributed by atoms with E-state index in [0.717, 1.165) is 17.7 Å². The summed E-state index contributed by atoms with van der Waals surface area (Å²) in [7, 11) is 0. The molecule has 0 saturated heterocycles. The van der Waals surface area contributed by atoms with Crippen LogP contribution in [0.3, 0.4) is 0 Å². The Hall–Kier alpha value is -1.06. The molecule has 70 valence electrons. The van der Waals surface area contributed by atoms with Gasteiger partial charge in [-0.15, -0.1) is 0 Å². The van der Waals surface area contributed by atoms with E-state index < -0.39 is 5.79 Å². The van der Waals surface area contributed by atoms with Gasteiger partial charge in [0.2, 0.25) is 5.79 Å². The Morgan fingerprint density at radius 3 is 3.00 bits per heavy atom. The fourth-order valence-corrected chi connectivity index (χ4v) is 1.52. The van der Waals surface area contributed by atoms with Crippen molar-refractivity contribution < 1.29 is 14.9 Å². The molecule has 3 heteroatoms. The van der Waals surface area contributed by atoms with Crippen molar-refractivity contribution in [2.75, 3.05) is 0 Å². The van der Waals surface area contributed by atoms with Gasteiger partial charge in [0.05, 0.1) is 0 Å². The first kappa shape index (κ1) is 8.53. The summed E-state index contributed by atoms with van der Waals surface area (Å²) in [5.41, 5.74) is 1.16. The summed E-state index contributed by atoms with van der Waals surface area (Å²) in [4.78, 5) is 4.31. The standard InChI is InChI=1S/C10H12O3/c1-10(13-11)7-6-8-4-2-3-5-9(8)12-10/h2-5,11H,6-7H2,1H3. The van der Waals surface area contributed by atoms with E-state index in [4.69, 9.17) is 9.99 Å². The number of ether oxygens (including phenoxy) is 1. The Morgan fingerprint density at radius 2 is 2.23 bits per heavy atom. The Kier molecular flexibility index (Phi) is 1.98. The molecule has 0 aliphatic carbocycles. The van der Waals surface area contributed by atoms with Gasteiger partial charge in [0.1, 0.15) is 5.75 Å². The van der Waals surface area contributed by atoms with Crippen LogP contribution in [0.15, 0.2) is 24.3 Å². The van der Waals surface area contributed by atoms with Crippen molar-refractivity contribution in [3.63, 3.8) is 0 Å². The molecule has 0 fully saturated rings. The van der Waals surface area contributed by atoms with Gasteiger partial charge in [0.15, 0.2) is 0 Å². The van der Waals surface area contributed by atoms with Gasteiger partial charge in [-0.3, -0.25) is 0 Å². The number of benzene rings is 1. The molecule has 1 aliphatic heterocycles. The molecule has 0 amide bonds. The Morgan fingerprint density at radius 1 is 1.46 bits per heavy atom. The lowest BCUT2D eigenvalue weighted by atomic mass is 10.0. The first-order valence-corrected chi connectivity index (χ1v) is 4.33. The average Bonchev–Trinajstić information content (AvgIpc) is 2.18. The maximum absolute atomic E-state index is 8.65. The fraction of sp³-hybridized carbons (Fsp3) is 0.400. The third-order valence-corrected chi connectivity index (χ3v) is 2.34. The molecule has 1 aromatic carbocycles. The predicted molar refractivity (Wildman–Crippen MR) is 47.5 cm³/mol. The van der Waals surface area contributed by atoms with E-state index in [-0.39, 0.29) is 0 Å². The fourth-order valence-electron chi connectivity index (χ4n) is 1.52. The highest BCUT2D eigenvalue weighted by Gasteiger charge is 2.32. The van der Waals surface area contributed by atoms with Crippen molar-refractivity contribution in [1.82, 2.24) is 0 Å². The van der Waals surface area contributed by atoms with Crippen LogP contribution < -0.4 is 4.74 Å². The van der Waals surface area contributed by atoms with Gasteiger partial charge < -0.3 is 4.74 Å². The van der Waals surface area contributed by atoms with Gasteiger partial charge in [0, 0.05) is 13.3 Å². The van der Waals surface area contributed by atoms with Crippen LogP contribution in [-0.2, 0) is 11.3 Å². The number of hydrogen-bond acceptors (Lipinski definition) is 3. The minimum absolute atomic E-state index is 0.667. The third-order valence-electron chi connectivity index (χ3n) is 2.34. The smallest absolute Gasteiger partial charge is 0.238 e. The van der Waals surface area contributed by atoms with E-state index in [2.05, 4.69) is 4.89 Å². The summed E-state index contributed by atoms with van der Waals surface area (Å²) in [6, 6.07) is 7.78. The number of hydrogen-bond donors (Lipinski definition) is 1. The van der Waals surface area contributed by atoms with Crippen LogP contribution in [0.4, 0.5) is 0 Å². The van der Waals surface area contributed by atoms with Gasteiger partial charge in [-0.25, -0.2) is 5.26 Å². The number of rotatable bonds is 1. The molecule has 1 N–H and O–H groups in total. The van der Waals surface area contributed by atoms with Gasteiger partial charge in [0.25, 0.3) is 0 Å². The van der Waals surface area contributed by atoms with Crippen molar-refractivity contribution >= 4 is 0 Å². The summed E-state index contributed by atoms with van der Waals surface area (Å²) >= 11 is 0. The van der Waals surface area contributed by atoms with Crippen LogP contribution in [0.2, 0.25) is 0 Å². The molecule has 0 bridgehead atoms. The topological polar surface area (TPSA) is 38.7 Å². The molecule has 1 unspecified atom stereocenters. The van der Waals surface area contributed by atoms with E-state index in [1.807, 2.05) is 24.3 Å². The Balaban J connectivity index is 2.29. The Bertz CT molecular complexity index is 311. The van der Waals surface area contributed by atoms with E-state index in [1.54, 1.807) is 6.92 Å². The summed E-state index contributed by atoms with van der Waals surface area (Å²) in [6.07, 6.45) is 1.54. The quantitative estimate of drug-likeness (QED) is 0.532. The van der Waals surface area contributed by atoms with Crippen molar-refractivity contribution in [3.05, 3.63) is 29.8 Å². The summed E-state index contributed by atoms with van der Waals surface area (Å²) < 4.78 is 5.50. The monoisotopic (exact) mass is 180 g/mol. The van der Waals surface area contributed by atoms with Crippen LogP contribution in [0, 0.1) is 0 Å². The largest absolute Gasteiger partial charge is 0.460 e. The van der Waals surface area contributed by atoms with Crippen LogP contribution in [0.5, 0.6) is 5.75 Å².